The predicted molar refractivity (Wildman–Crippen MR) is 110 cm³/mol. The van der Waals surface area contributed by atoms with Crippen LogP contribution in [0.3, 0.4) is 0 Å². The highest BCUT2D eigenvalue weighted by Crippen LogP contribution is 2.28. The van der Waals surface area contributed by atoms with Gasteiger partial charge < -0.3 is 5.32 Å². The Morgan fingerprint density at radius 2 is 1.81 bits per heavy atom. The highest BCUT2D eigenvalue weighted by atomic mass is 35.5. The Morgan fingerprint density at radius 1 is 1.11 bits per heavy atom. The van der Waals surface area contributed by atoms with Crippen LogP contribution in [-0.2, 0) is 4.79 Å². The predicted octanol–water partition coefficient (Wildman–Crippen LogP) is 4.45. The van der Waals surface area contributed by atoms with Crippen molar-refractivity contribution < 1.29 is 4.79 Å². The second kappa shape index (κ2) is 9.06. The summed E-state index contributed by atoms with van der Waals surface area (Å²) in [6, 6.07) is 17.3. The summed E-state index contributed by atoms with van der Waals surface area (Å²) in [6.45, 7) is 4.80. The smallest absolute Gasteiger partial charge is 0.230 e. The molecule has 1 amide bonds. The van der Waals surface area contributed by atoms with Crippen LogP contribution in [0, 0.1) is 5.92 Å². The Labute approximate surface area is 168 Å². The van der Waals surface area contributed by atoms with Crippen molar-refractivity contribution >= 4 is 29.3 Å². The summed E-state index contributed by atoms with van der Waals surface area (Å²) >= 11 is 7.40. The summed E-state index contributed by atoms with van der Waals surface area (Å²) in [4.78, 5) is 12.1. The van der Waals surface area contributed by atoms with Gasteiger partial charge in [0.2, 0.25) is 5.91 Å². The minimum Gasteiger partial charge on any atom is -0.355 e. The van der Waals surface area contributed by atoms with Gasteiger partial charge in [-0.25, -0.2) is 0 Å². The van der Waals surface area contributed by atoms with Crippen LogP contribution < -0.4 is 5.32 Å². The van der Waals surface area contributed by atoms with Crippen LogP contribution in [0.1, 0.15) is 13.8 Å². The Balaban J connectivity index is 1.89. The summed E-state index contributed by atoms with van der Waals surface area (Å²) in [5.74, 6) is 1.41. The average Bonchev–Trinajstić information content (AvgIpc) is 3.10. The molecule has 0 aliphatic heterocycles. The number of nitrogens with zero attached hydrogens (tertiary/aromatic N) is 3. The van der Waals surface area contributed by atoms with E-state index >= 15 is 0 Å². The van der Waals surface area contributed by atoms with Crippen LogP contribution >= 0.6 is 23.4 Å². The topological polar surface area (TPSA) is 59.8 Å². The van der Waals surface area contributed by atoms with Gasteiger partial charge >= 0.3 is 0 Å². The molecule has 0 aliphatic rings. The molecule has 0 aliphatic carbocycles. The highest BCUT2D eigenvalue weighted by molar-refractivity contribution is 7.99. The van der Waals surface area contributed by atoms with E-state index in [4.69, 9.17) is 11.6 Å². The molecule has 3 aromatic rings. The summed E-state index contributed by atoms with van der Waals surface area (Å²) in [6.07, 6.45) is 0. The van der Waals surface area contributed by atoms with Crippen LogP contribution in [-0.4, -0.2) is 33.0 Å². The average molecular weight is 401 g/mol. The first kappa shape index (κ1) is 19.5. The molecule has 3 rings (SSSR count). The molecule has 1 N–H and O–H groups in total. The normalized spacial score (nSPS) is 11.0. The van der Waals surface area contributed by atoms with Crippen LogP contribution in [0.15, 0.2) is 59.8 Å². The van der Waals surface area contributed by atoms with E-state index in [0.717, 1.165) is 17.1 Å². The number of halogens is 1. The highest BCUT2D eigenvalue weighted by Gasteiger charge is 2.17. The molecule has 0 atom stereocenters. The summed E-state index contributed by atoms with van der Waals surface area (Å²) in [5.41, 5.74) is 1.85. The van der Waals surface area contributed by atoms with Gasteiger partial charge in [0.15, 0.2) is 11.0 Å². The molecule has 140 valence electrons. The molecule has 0 bridgehead atoms. The number of aromatic nitrogens is 3. The zero-order valence-electron chi connectivity index (χ0n) is 15.2. The minimum absolute atomic E-state index is 0.0133. The molecule has 0 fully saturated rings. The van der Waals surface area contributed by atoms with Crippen molar-refractivity contribution in [3.05, 3.63) is 59.6 Å². The van der Waals surface area contributed by atoms with E-state index < -0.39 is 0 Å². The summed E-state index contributed by atoms with van der Waals surface area (Å²) in [7, 11) is 0. The van der Waals surface area contributed by atoms with E-state index in [1.165, 1.54) is 11.8 Å². The number of hydrogen-bond acceptors (Lipinski definition) is 4. The molecule has 1 aromatic heterocycles. The van der Waals surface area contributed by atoms with Crippen molar-refractivity contribution in [3.63, 3.8) is 0 Å². The standard InChI is InChI=1S/C20H21ClN4OS/c1-14(2)12-22-18(26)13-27-20-24-23-19(15-6-4-3-5-7-15)25(20)17-10-8-16(21)9-11-17/h3-11,14H,12-13H2,1-2H3,(H,22,26). The van der Waals surface area contributed by atoms with Crippen LogP contribution in [0.2, 0.25) is 5.02 Å². The number of nitrogens with one attached hydrogen (secondary N) is 1. The Hall–Kier alpha value is -2.31. The van der Waals surface area contributed by atoms with Gasteiger partial charge in [0.05, 0.1) is 5.75 Å². The molecule has 0 saturated heterocycles. The monoisotopic (exact) mass is 400 g/mol. The van der Waals surface area contributed by atoms with Gasteiger partial charge in [0.25, 0.3) is 0 Å². The fourth-order valence-corrected chi connectivity index (χ4v) is 3.37. The van der Waals surface area contributed by atoms with Gasteiger partial charge in [-0.1, -0.05) is 67.5 Å². The summed E-state index contributed by atoms with van der Waals surface area (Å²) < 4.78 is 1.95. The van der Waals surface area contributed by atoms with Crippen molar-refractivity contribution in [2.24, 2.45) is 5.92 Å². The van der Waals surface area contributed by atoms with Crippen molar-refractivity contribution in [2.45, 2.75) is 19.0 Å². The van der Waals surface area contributed by atoms with E-state index in [-0.39, 0.29) is 11.7 Å². The lowest BCUT2D eigenvalue weighted by molar-refractivity contribution is -0.118. The lowest BCUT2D eigenvalue weighted by Gasteiger charge is -2.11. The Bertz CT molecular complexity index is 894. The lowest BCUT2D eigenvalue weighted by atomic mass is 10.2. The fourth-order valence-electron chi connectivity index (χ4n) is 2.46. The van der Waals surface area contributed by atoms with Crippen molar-refractivity contribution in [1.29, 1.82) is 0 Å². The molecule has 27 heavy (non-hydrogen) atoms. The molecule has 0 spiro atoms. The van der Waals surface area contributed by atoms with Gasteiger partial charge in [0, 0.05) is 22.8 Å². The Kier molecular flexibility index (Phi) is 6.53. The molecule has 7 heteroatoms. The number of rotatable bonds is 7. The number of benzene rings is 2. The van der Waals surface area contributed by atoms with E-state index in [9.17, 15) is 4.79 Å². The van der Waals surface area contributed by atoms with E-state index in [1.54, 1.807) is 0 Å². The quantitative estimate of drug-likeness (QED) is 0.595. The summed E-state index contributed by atoms with van der Waals surface area (Å²) in [5, 5.41) is 12.9. The molecule has 0 saturated carbocycles. The molecule has 1 heterocycles. The first-order valence-electron chi connectivity index (χ1n) is 8.71. The number of amides is 1. The van der Waals surface area contributed by atoms with Crippen LogP contribution in [0.5, 0.6) is 0 Å². The number of hydrogen-bond donors (Lipinski definition) is 1. The maximum absolute atomic E-state index is 12.1. The first-order valence-corrected chi connectivity index (χ1v) is 10.1. The molecule has 0 radical (unpaired) electrons. The maximum Gasteiger partial charge on any atom is 0.230 e. The third-order valence-electron chi connectivity index (χ3n) is 3.79. The van der Waals surface area contributed by atoms with Gasteiger partial charge in [-0.15, -0.1) is 10.2 Å². The third kappa shape index (κ3) is 5.11. The van der Waals surface area contributed by atoms with Gasteiger partial charge in [0.1, 0.15) is 0 Å². The fraction of sp³-hybridized carbons (Fsp3) is 0.250. The van der Waals surface area contributed by atoms with Crippen molar-refractivity contribution in [2.75, 3.05) is 12.3 Å². The number of thioether (sulfide) groups is 1. The molecule has 2 aromatic carbocycles. The van der Waals surface area contributed by atoms with Crippen molar-refractivity contribution in [1.82, 2.24) is 20.1 Å². The lowest BCUT2D eigenvalue weighted by Crippen LogP contribution is -2.28. The van der Waals surface area contributed by atoms with Crippen molar-refractivity contribution in [3.8, 4) is 17.1 Å². The molecular formula is C20H21ClN4OS. The molecular weight excluding hydrogens is 380 g/mol. The number of carbonyl (C=O) groups excluding carboxylic acids is 1. The number of carbonyl (C=O) groups is 1. The maximum atomic E-state index is 12.1. The SMILES string of the molecule is CC(C)CNC(=O)CSc1nnc(-c2ccccc2)n1-c1ccc(Cl)cc1. The minimum atomic E-state index is -0.0133. The zero-order chi connectivity index (χ0) is 19.2. The third-order valence-corrected chi connectivity index (χ3v) is 4.97. The van der Waals surface area contributed by atoms with Gasteiger partial charge in [-0.05, 0) is 30.2 Å². The van der Waals surface area contributed by atoms with Crippen LogP contribution in [0.4, 0.5) is 0 Å². The Morgan fingerprint density at radius 3 is 2.48 bits per heavy atom. The second-order valence-corrected chi connectivity index (χ2v) is 7.85. The van der Waals surface area contributed by atoms with E-state index in [2.05, 4.69) is 29.4 Å². The first-order chi connectivity index (χ1) is 13.0. The molecule has 0 unspecified atom stereocenters. The van der Waals surface area contributed by atoms with E-state index in [0.29, 0.717) is 22.6 Å². The van der Waals surface area contributed by atoms with Gasteiger partial charge in [-0.3, -0.25) is 9.36 Å². The van der Waals surface area contributed by atoms with E-state index in [1.807, 2.05) is 59.2 Å². The largest absolute Gasteiger partial charge is 0.355 e. The van der Waals surface area contributed by atoms with Gasteiger partial charge in [-0.2, -0.15) is 0 Å². The second-order valence-electron chi connectivity index (χ2n) is 6.47. The van der Waals surface area contributed by atoms with Crippen LogP contribution in [0.25, 0.3) is 17.1 Å². The molecule has 5 nitrogen and oxygen atoms in total. The zero-order valence-corrected chi connectivity index (χ0v) is 16.8.